The van der Waals surface area contributed by atoms with Crippen molar-refractivity contribution < 1.29 is 27.2 Å². The molecule has 0 amide bonds. The van der Waals surface area contributed by atoms with Gasteiger partial charge in [0.1, 0.15) is 0 Å². The first-order valence-electron chi connectivity index (χ1n) is 7.27. The predicted octanol–water partition coefficient (Wildman–Crippen LogP) is 4.86. The van der Waals surface area contributed by atoms with Gasteiger partial charge in [0, 0.05) is 5.88 Å². The van der Waals surface area contributed by atoms with Crippen molar-refractivity contribution >= 4 is 26.8 Å². The fourth-order valence-corrected chi connectivity index (χ4v) is 7.50. The Morgan fingerprint density at radius 2 is 1.14 bits per heavy atom. The van der Waals surface area contributed by atoms with E-state index in [1.165, 1.54) is 0 Å². The maximum Gasteiger partial charge on any atom is 0.345 e. The van der Waals surface area contributed by atoms with Crippen LogP contribution in [0.3, 0.4) is 0 Å². The molecule has 0 heterocycles. The Hall–Kier alpha value is 0.590. The Balaban J connectivity index is 5.57. The minimum atomic E-state index is -3.61. The van der Waals surface area contributed by atoms with Crippen LogP contribution in [0.2, 0.25) is 0 Å². The fourth-order valence-electron chi connectivity index (χ4n) is 1.89. The van der Waals surface area contributed by atoms with Crippen LogP contribution >= 0.6 is 26.8 Å². The Morgan fingerprint density at radius 1 is 0.810 bits per heavy atom. The van der Waals surface area contributed by atoms with Crippen LogP contribution in [0, 0.1) is 0 Å². The maximum atomic E-state index is 13.0. The molecule has 0 aliphatic heterocycles. The second kappa shape index (κ2) is 11.2. The van der Waals surface area contributed by atoms with Gasteiger partial charge in [-0.25, -0.2) is 0 Å². The summed E-state index contributed by atoms with van der Waals surface area (Å²) in [5.74, 6) is 0.354. The van der Waals surface area contributed by atoms with E-state index in [4.69, 9.17) is 29.7 Å². The highest BCUT2D eigenvalue weighted by Gasteiger charge is 2.50. The van der Waals surface area contributed by atoms with Gasteiger partial charge in [0.15, 0.2) is 5.40 Å². The van der Waals surface area contributed by atoms with E-state index in [2.05, 4.69) is 0 Å². The Morgan fingerprint density at radius 3 is 1.38 bits per heavy atom. The van der Waals surface area contributed by atoms with Gasteiger partial charge in [0.2, 0.25) is 0 Å². The summed E-state index contributed by atoms with van der Waals surface area (Å²) in [6.45, 7) is 7.57. The third-order valence-corrected chi connectivity index (χ3v) is 8.98. The molecule has 21 heavy (non-hydrogen) atoms. The highest BCUT2D eigenvalue weighted by molar-refractivity contribution is 7.72. The lowest BCUT2D eigenvalue weighted by atomic mass is 10.4. The summed E-state index contributed by atoms with van der Waals surface area (Å²) >= 11 is 5.71. The minimum absolute atomic E-state index is 0.187. The highest BCUT2D eigenvalue weighted by atomic mass is 35.5. The minimum Gasteiger partial charge on any atom is -0.308 e. The Kier molecular flexibility index (Phi) is 11.5. The molecule has 6 nitrogen and oxygen atoms in total. The lowest BCUT2D eigenvalue weighted by Gasteiger charge is -2.31. The van der Waals surface area contributed by atoms with Crippen molar-refractivity contribution in [1.82, 2.24) is 0 Å². The van der Waals surface area contributed by atoms with Gasteiger partial charge < -0.3 is 18.1 Å². The van der Waals surface area contributed by atoms with E-state index in [1.54, 1.807) is 27.7 Å². The van der Waals surface area contributed by atoms with Crippen LogP contribution < -0.4 is 0 Å². The molecule has 0 rings (SSSR count). The lowest BCUT2D eigenvalue weighted by molar-refractivity contribution is 0.193. The van der Waals surface area contributed by atoms with E-state index in [-0.39, 0.29) is 32.8 Å². The Bertz CT molecular complexity index is 316. The van der Waals surface area contributed by atoms with Crippen LogP contribution in [0.4, 0.5) is 0 Å². The first-order valence-corrected chi connectivity index (χ1v) is 11.0. The van der Waals surface area contributed by atoms with E-state index in [0.29, 0.717) is 12.3 Å². The monoisotopic (exact) mass is 364 g/mol. The largest absolute Gasteiger partial charge is 0.345 e. The van der Waals surface area contributed by atoms with Crippen molar-refractivity contribution in [3.63, 3.8) is 0 Å². The van der Waals surface area contributed by atoms with E-state index in [9.17, 15) is 9.13 Å². The van der Waals surface area contributed by atoms with Gasteiger partial charge in [-0.05, 0) is 40.5 Å². The van der Waals surface area contributed by atoms with Gasteiger partial charge in [0.25, 0.3) is 0 Å². The zero-order valence-electron chi connectivity index (χ0n) is 13.2. The van der Waals surface area contributed by atoms with Gasteiger partial charge in [-0.15, -0.1) is 11.6 Å². The second-order valence-electron chi connectivity index (χ2n) is 4.06. The molecule has 128 valence electrons. The maximum absolute atomic E-state index is 13.0. The number of hydrogen-bond acceptors (Lipinski definition) is 6. The van der Waals surface area contributed by atoms with E-state index >= 15 is 0 Å². The number of halogens is 1. The molecular formula is C12H27ClO6P2. The van der Waals surface area contributed by atoms with Gasteiger partial charge in [-0.3, -0.25) is 9.13 Å². The molecule has 0 fully saturated rings. The predicted molar refractivity (Wildman–Crippen MR) is 85.5 cm³/mol. The van der Waals surface area contributed by atoms with Gasteiger partial charge >= 0.3 is 15.2 Å². The van der Waals surface area contributed by atoms with E-state index in [1.807, 2.05) is 0 Å². The molecule has 0 spiro atoms. The molecular weight excluding hydrogens is 338 g/mol. The van der Waals surface area contributed by atoms with Crippen LogP contribution in [-0.4, -0.2) is 37.7 Å². The van der Waals surface area contributed by atoms with Crippen molar-refractivity contribution in [3.8, 4) is 0 Å². The van der Waals surface area contributed by atoms with Crippen molar-refractivity contribution in [2.24, 2.45) is 0 Å². The van der Waals surface area contributed by atoms with Gasteiger partial charge in [-0.1, -0.05) is 0 Å². The molecule has 0 aliphatic rings. The third kappa shape index (κ3) is 6.70. The van der Waals surface area contributed by atoms with Crippen molar-refractivity contribution in [2.45, 2.75) is 45.9 Å². The number of alkyl halides is 1. The lowest BCUT2D eigenvalue weighted by Crippen LogP contribution is -2.18. The molecule has 0 saturated heterocycles. The Labute approximate surface area is 132 Å². The summed E-state index contributed by atoms with van der Waals surface area (Å²) in [6, 6.07) is 0. The standard InChI is InChI=1S/C12H27ClO6P2/c1-5-16-20(14,17-6-2)12(10-9-11-13)21(15,18-7-3)19-8-4/h12H,5-11H2,1-4H3. The summed E-state index contributed by atoms with van der Waals surface area (Å²) in [7, 11) is -7.22. The van der Waals surface area contributed by atoms with E-state index in [0.717, 1.165) is 0 Å². The quantitative estimate of drug-likeness (QED) is 0.343. The average Bonchev–Trinajstić information content (AvgIpc) is 2.40. The molecule has 0 bridgehead atoms. The summed E-state index contributed by atoms with van der Waals surface area (Å²) in [4.78, 5) is 0. The highest BCUT2D eigenvalue weighted by Crippen LogP contribution is 2.71. The van der Waals surface area contributed by atoms with Crippen molar-refractivity contribution in [2.75, 3.05) is 32.3 Å². The molecule has 0 aromatic rings. The van der Waals surface area contributed by atoms with Crippen LogP contribution in [0.1, 0.15) is 40.5 Å². The molecule has 0 saturated carbocycles. The van der Waals surface area contributed by atoms with Crippen molar-refractivity contribution in [1.29, 1.82) is 0 Å². The smallest absolute Gasteiger partial charge is 0.308 e. The van der Waals surface area contributed by atoms with Gasteiger partial charge in [-0.2, -0.15) is 0 Å². The summed E-state index contributed by atoms with van der Waals surface area (Å²) in [5.41, 5.74) is 0. The molecule has 0 unspecified atom stereocenters. The van der Waals surface area contributed by atoms with E-state index < -0.39 is 20.6 Å². The fraction of sp³-hybridized carbons (Fsp3) is 1.00. The van der Waals surface area contributed by atoms with Crippen LogP contribution in [0.25, 0.3) is 0 Å². The number of hydrogen-bond donors (Lipinski definition) is 0. The van der Waals surface area contributed by atoms with Crippen LogP contribution in [-0.2, 0) is 27.2 Å². The third-order valence-electron chi connectivity index (χ3n) is 2.56. The zero-order chi connectivity index (χ0) is 16.4. The number of rotatable bonds is 13. The summed E-state index contributed by atoms with van der Waals surface area (Å²) < 4.78 is 47.3. The zero-order valence-corrected chi connectivity index (χ0v) is 15.8. The van der Waals surface area contributed by atoms with Gasteiger partial charge in [0.05, 0.1) is 26.4 Å². The molecule has 0 N–H and O–H groups in total. The normalized spacial score (nSPS) is 13.0. The SMILES string of the molecule is CCOP(=O)(OCC)C(CCCCl)P(=O)(OCC)OCC. The average molecular weight is 365 g/mol. The molecule has 0 aliphatic carbocycles. The molecule has 0 aromatic carbocycles. The van der Waals surface area contributed by atoms with Crippen LogP contribution in [0.5, 0.6) is 0 Å². The second-order valence-corrected chi connectivity index (χ2v) is 9.29. The molecule has 0 aromatic heterocycles. The molecule has 9 heteroatoms. The summed E-state index contributed by atoms with van der Waals surface area (Å²) in [6.07, 6.45) is 0.804. The van der Waals surface area contributed by atoms with Crippen molar-refractivity contribution in [3.05, 3.63) is 0 Å². The molecule has 0 atom stereocenters. The van der Waals surface area contributed by atoms with Crippen LogP contribution in [0.15, 0.2) is 0 Å². The molecule has 0 radical (unpaired) electrons. The summed E-state index contributed by atoms with van der Waals surface area (Å²) in [5, 5.41) is -0.955. The first kappa shape index (κ1) is 21.6. The first-order chi connectivity index (χ1) is 9.94. The topological polar surface area (TPSA) is 71.1 Å².